The third-order valence-electron chi connectivity index (χ3n) is 7.15. The summed E-state index contributed by atoms with van der Waals surface area (Å²) < 4.78 is 1.71. The number of non-ortho nitro benzene ring substituents is 1. The molecule has 1 aromatic heterocycles. The topological polar surface area (TPSA) is 113 Å². The van der Waals surface area contributed by atoms with Gasteiger partial charge in [-0.3, -0.25) is 30.1 Å². The smallest absolute Gasteiger partial charge is 0.295 e. The van der Waals surface area contributed by atoms with Crippen molar-refractivity contribution in [2.45, 2.75) is 11.3 Å². The van der Waals surface area contributed by atoms with Crippen molar-refractivity contribution in [1.29, 1.82) is 0 Å². The van der Waals surface area contributed by atoms with Crippen LogP contribution in [0.1, 0.15) is 16.7 Å². The van der Waals surface area contributed by atoms with Crippen molar-refractivity contribution in [2.75, 3.05) is 19.5 Å². The number of nitrogens with zero attached hydrogens (tertiary/aromatic N) is 5. The van der Waals surface area contributed by atoms with E-state index < -0.39 is 16.2 Å². The minimum absolute atomic E-state index is 0.0645. The van der Waals surface area contributed by atoms with Gasteiger partial charge in [-0.05, 0) is 11.6 Å². The minimum atomic E-state index is -1.26. The first-order chi connectivity index (χ1) is 18.3. The fourth-order valence-electron chi connectivity index (χ4n) is 5.40. The molecule has 0 bridgehead atoms. The van der Waals surface area contributed by atoms with E-state index in [2.05, 4.69) is 5.43 Å². The monoisotopic (exact) mass is 526 g/mol. The second kappa shape index (κ2) is 8.38. The molecule has 2 atom stereocenters. The maximum Gasteiger partial charge on any atom is 0.324 e. The van der Waals surface area contributed by atoms with E-state index in [1.807, 2.05) is 60.7 Å². The van der Waals surface area contributed by atoms with Crippen molar-refractivity contribution in [1.82, 2.24) is 14.5 Å². The molecule has 3 aromatic carbocycles. The fourth-order valence-corrected chi connectivity index (χ4v) is 6.36. The zero-order valence-corrected chi connectivity index (χ0v) is 21.3. The van der Waals surface area contributed by atoms with E-state index in [0.29, 0.717) is 14.9 Å². The number of hydrogen-bond acceptors (Lipinski definition) is 7. The van der Waals surface area contributed by atoms with Crippen molar-refractivity contribution in [3.8, 4) is 0 Å². The van der Waals surface area contributed by atoms with Gasteiger partial charge in [0.1, 0.15) is 0 Å². The standard InChI is InChI=1S/C27H22N6O4S/c1-30-25(35)31(2)27(20-13-7-4-8-14-20)26(30,19-11-5-3-6-12-19)28-24-32(29-27)23(34)22(38-24)17-18-10-9-15-21(16-18)33(36)37/h3-17,29H,1-2H3/b22-17+. The molecule has 1 saturated heterocycles. The number of nitrogens with one attached hydrogen (secondary N) is 1. The van der Waals surface area contributed by atoms with E-state index >= 15 is 0 Å². The molecule has 2 unspecified atom stereocenters. The van der Waals surface area contributed by atoms with Crippen LogP contribution in [0.2, 0.25) is 0 Å². The van der Waals surface area contributed by atoms with Gasteiger partial charge in [-0.15, -0.1) is 0 Å². The molecule has 3 heterocycles. The molecule has 11 heteroatoms. The Morgan fingerprint density at radius 3 is 2.24 bits per heavy atom. The number of aromatic nitrogens is 1. The molecule has 1 N–H and O–H groups in total. The molecule has 2 amide bonds. The Morgan fingerprint density at radius 2 is 1.58 bits per heavy atom. The summed E-state index contributed by atoms with van der Waals surface area (Å²) in [5.41, 5.74) is 2.50. The number of hydrogen-bond donors (Lipinski definition) is 1. The van der Waals surface area contributed by atoms with Gasteiger partial charge in [0, 0.05) is 37.4 Å². The van der Waals surface area contributed by atoms with E-state index in [-0.39, 0.29) is 17.3 Å². The van der Waals surface area contributed by atoms with Crippen LogP contribution in [0.25, 0.3) is 6.08 Å². The Morgan fingerprint density at radius 1 is 0.921 bits per heavy atom. The number of fused-ring (bicyclic) bond motifs is 2. The van der Waals surface area contributed by atoms with Gasteiger partial charge in [0.15, 0.2) is 0 Å². The minimum Gasteiger partial charge on any atom is -0.295 e. The fraction of sp³-hybridized carbons (Fsp3) is 0.148. The largest absolute Gasteiger partial charge is 0.324 e. The number of thiazole rings is 1. The molecule has 4 aromatic rings. The van der Waals surface area contributed by atoms with E-state index in [9.17, 15) is 19.7 Å². The van der Waals surface area contributed by atoms with Crippen molar-refractivity contribution < 1.29 is 9.72 Å². The van der Waals surface area contributed by atoms with Crippen LogP contribution in [0.4, 0.5) is 10.5 Å². The van der Waals surface area contributed by atoms with E-state index in [1.54, 1.807) is 42.1 Å². The summed E-state index contributed by atoms with van der Waals surface area (Å²) in [6.45, 7) is 0. The number of benzene rings is 3. The Bertz CT molecular complexity index is 1770. The summed E-state index contributed by atoms with van der Waals surface area (Å²) in [5, 5.41) is 11.2. The highest BCUT2D eigenvalue weighted by atomic mass is 32.1. The highest BCUT2D eigenvalue weighted by Crippen LogP contribution is 2.53. The first-order valence-electron chi connectivity index (χ1n) is 11.8. The Kier molecular flexibility index (Phi) is 5.21. The number of likely N-dealkylation sites (N-methyl/N-ethyl adjacent to an activating group) is 2. The number of carbonyl (C=O) groups is 1. The predicted molar refractivity (Wildman–Crippen MR) is 143 cm³/mol. The number of nitro benzene ring substituents is 1. The third-order valence-corrected chi connectivity index (χ3v) is 8.12. The maximum absolute atomic E-state index is 13.7. The van der Waals surface area contributed by atoms with Gasteiger partial charge in [0.25, 0.3) is 11.2 Å². The van der Waals surface area contributed by atoms with Gasteiger partial charge >= 0.3 is 6.03 Å². The molecule has 2 aliphatic heterocycles. The molecule has 0 radical (unpaired) electrons. The molecule has 2 aliphatic rings. The highest BCUT2D eigenvalue weighted by molar-refractivity contribution is 7.07. The van der Waals surface area contributed by atoms with Crippen LogP contribution < -0.4 is 20.3 Å². The molecular weight excluding hydrogens is 504 g/mol. The average molecular weight is 527 g/mol. The lowest BCUT2D eigenvalue weighted by Gasteiger charge is -2.49. The normalized spacial score (nSPS) is 22.5. The number of carbonyl (C=O) groups excluding carboxylic acids is 1. The van der Waals surface area contributed by atoms with Crippen LogP contribution >= 0.6 is 11.3 Å². The number of urea groups is 1. The molecule has 1 fully saturated rings. The van der Waals surface area contributed by atoms with Crippen LogP contribution in [0.15, 0.2) is 94.7 Å². The average Bonchev–Trinajstić information content (AvgIpc) is 3.33. The summed E-state index contributed by atoms with van der Waals surface area (Å²) in [6, 6.07) is 24.8. The second-order valence-corrected chi connectivity index (χ2v) is 10.1. The SMILES string of the molecule is CN1C(=O)N(C)C2(c3ccccc3)Nn3c(s/c(=C/c4cccc([N+](=O)[O-])c4)c3=O)=NC12c1ccccc1. The van der Waals surface area contributed by atoms with Crippen molar-refractivity contribution in [3.05, 3.63) is 131 Å². The Hall–Kier alpha value is -4.77. The van der Waals surface area contributed by atoms with Crippen molar-refractivity contribution in [3.63, 3.8) is 0 Å². The lowest BCUT2D eigenvalue weighted by Crippen LogP contribution is -2.67. The Balaban J connectivity index is 1.67. The van der Waals surface area contributed by atoms with Gasteiger partial charge in [0.2, 0.25) is 16.1 Å². The Labute approximate surface area is 220 Å². The summed E-state index contributed by atoms with van der Waals surface area (Å²) in [5.74, 6) is 0. The third kappa shape index (κ3) is 3.08. The maximum atomic E-state index is 13.7. The van der Waals surface area contributed by atoms with Crippen LogP contribution in [-0.4, -0.2) is 39.5 Å². The lowest BCUT2D eigenvalue weighted by molar-refractivity contribution is -0.384. The van der Waals surface area contributed by atoms with Gasteiger partial charge in [-0.1, -0.05) is 84.1 Å². The molecule has 0 spiro atoms. The van der Waals surface area contributed by atoms with Gasteiger partial charge in [-0.2, -0.15) is 4.68 Å². The summed E-state index contributed by atoms with van der Waals surface area (Å²) in [7, 11) is 3.40. The van der Waals surface area contributed by atoms with Gasteiger partial charge in [0.05, 0.1) is 9.46 Å². The van der Waals surface area contributed by atoms with E-state index in [0.717, 1.165) is 22.5 Å². The zero-order valence-electron chi connectivity index (χ0n) is 20.4. The molecule has 0 aliphatic carbocycles. The lowest BCUT2D eigenvalue weighted by atomic mass is 9.80. The molecule has 0 saturated carbocycles. The predicted octanol–water partition coefficient (Wildman–Crippen LogP) is 2.53. The molecule has 38 heavy (non-hydrogen) atoms. The zero-order chi connectivity index (χ0) is 26.7. The van der Waals surface area contributed by atoms with Gasteiger partial charge in [-0.25, -0.2) is 9.79 Å². The van der Waals surface area contributed by atoms with E-state index in [4.69, 9.17) is 4.99 Å². The number of amides is 2. The van der Waals surface area contributed by atoms with Gasteiger partial charge < -0.3 is 0 Å². The van der Waals surface area contributed by atoms with E-state index in [1.165, 1.54) is 16.8 Å². The molecule has 190 valence electrons. The summed E-state index contributed by atoms with van der Waals surface area (Å²) >= 11 is 1.15. The summed E-state index contributed by atoms with van der Waals surface area (Å²) in [4.78, 5) is 46.7. The summed E-state index contributed by atoms with van der Waals surface area (Å²) in [6.07, 6.45) is 1.61. The van der Waals surface area contributed by atoms with Crippen LogP contribution in [-0.2, 0) is 11.3 Å². The molecule has 6 rings (SSSR count). The second-order valence-electron chi connectivity index (χ2n) is 9.12. The van der Waals surface area contributed by atoms with Crippen molar-refractivity contribution in [2.24, 2.45) is 4.99 Å². The van der Waals surface area contributed by atoms with Crippen LogP contribution in [0, 0.1) is 10.1 Å². The quantitative estimate of drug-likeness (QED) is 0.324. The van der Waals surface area contributed by atoms with Crippen LogP contribution in [0.3, 0.4) is 0 Å². The van der Waals surface area contributed by atoms with Crippen LogP contribution in [0.5, 0.6) is 0 Å². The molecular formula is C27H22N6O4S. The first-order valence-corrected chi connectivity index (χ1v) is 12.6. The molecule has 10 nitrogen and oxygen atoms in total. The van der Waals surface area contributed by atoms with Crippen molar-refractivity contribution >= 4 is 29.1 Å². The number of nitro groups is 1. The highest BCUT2D eigenvalue weighted by Gasteiger charge is 2.69. The number of rotatable bonds is 4. The first kappa shape index (κ1) is 23.6.